The summed E-state index contributed by atoms with van der Waals surface area (Å²) in [6, 6.07) is 11.4. The van der Waals surface area contributed by atoms with Gasteiger partial charge in [0.05, 0.1) is 28.4 Å². The van der Waals surface area contributed by atoms with Crippen LogP contribution in [0, 0.1) is 0 Å². The minimum absolute atomic E-state index is 0.0696. The summed E-state index contributed by atoms with van der Waals surface area (Å²) in [7, 11) is -1.91. The molecular weight excluding hydrogens is 536 g/mol. The summed E-state index contributed by atoms with van der Waals surface area (Å²) in [5.74, 6) is 2.17. The molecule has 1 amide bonds. The molecule has 0 radical (unpaired) electrons. The summed E-state index contributed by atoms with van der Waals surface area (Å²) >= 11 is 9.99. The van der Waals surface area contributed by atoms with Crippen LogP contribution < -0.4 is 19.3 Å². The van der Waals surface area contributed by atoms with Crippen LogP contribution >= 0.6 is 27.5 Å². The van der Waals surface area contributed by atoms with Crippen molar-refractivity contribution in [2.75, 3.05) is 13.2 Å². The molecule has 2 aromatic carbocycles. The van der Waals surface area contributed by atoms with Crippen LogP contribution in [0.1, 0.15) is 45.6 Å². The maximum absolute atomic E-state index is 11.3. The van der Waals surface area contributed by atoms with Gasteiger partial charge >= 0.3 is 0 Å². The van der Waals surface area contributed by atoms with Crippen molar-refractivity contribution in [2.45, 2.75) is 58.2 Å². The van der Waals surface area contributed by atoms with Gasteiger partial charge in [0, 0.05) is 19.3 Å². The molecule has 1 aliphatic heterocycles. The lowest BCUT2D eigenvalue weighted by Crippen LogP contribution is -2.43. The first-order valence-corrected chi connectivity index (χ1v) is 15.4. The monoisotopic (exact) mass is 566 g/mol. The van der Waals surface area contributed by atoms with E-state index in [0.29, 0.717) is 43.2 Å². The van der Waals surface area contributed by atoms with Crippen molar-refractivity contribution in [3.05, 3.63) is 51.5 Å². The largest absolute Gasteiger partial charge is 0.543 e. The smallest absolute Gasteiger partial charge is 0.250 e. The summed E-state index contributed by atoms with van der Waals surface area (Å²) in [6.45, 7) is 12.1. The van der Waals surface area contributed by atoms with Crippen LogP contribution in [0.5, 0.6) is 17.2 Å². The number of hydrogen-bond acceptors (Lipinski definition) is 5. The van der Waals surface area contributed by atoms with Crippen molar-refractivity contribution in [1.29, 1.82) is 0 Å². The van der Waals surface area contributed by atoms with E-state index in [1.165, 1.54) is 0 Å². The van der Waals surface area contributed by atoms with E-state index in [1.807, 2.05) is 36.4 Å². The third-order valence-corrected chi connectivity index (χ3v) is 11.3. The second-order valence-corrected chi connectivity index (χ2v) is 15.7. The number of rotatable bonds is 9. The van der Waals surface area contributed by atoms with Gasteiger partial charge in [0.15, 0.2) is 0 Å². The molecule has 1 heterocycles. The molecule has 0 unspecified atom stereocenters. The van der Waals surface area contributed by atoms with Gasteiger partial charge in [-0.2, -0.15) is 5.10 Å². The first-order valence-electron chi connectivity index (χ1n) is 11.4. The van der Waals surface area contributed by atoms with Crippen LogP contribution in [0.3, 0.4) is 0 Å². The molecule has 0 aliphatic carbocycles. The van der Waals surface area contributed by atoms with Crippen LogP contribution in [-0.4, -0.2) is 33.2 Å². The fourth-order valence-electron chi connectivity index (χ4n) is 2.99. The molecule has 1 N–H and O–H groups in total. The van der Waals surface area contributed by atoms with Gasteiger partial charge in [0.1, 0.15) is 17.2 Å². The van der Waals surface area contributed by atoms with Crippen LogP contribution in [0.2, 0.25) is 23.2 Å². The number of carbonyl (C=O) groups excluding carboxylic acids is 1. The summed E-state index contributed by atoms with van der Waals surface area (Å²) in [5, 5.41) is 4.74. The number of halogens is 2. The minimum Gasteiger partial charge on any atom is -0.543 e. The molecule has 9 heteroatoms. The molecule has 0 spiro atoms. The van der Waals surface area contributed by atoms with E-state index in [4.69, 9.17) is 25.5 Å². The average Bonchev–Trinajstić information content (AvgIpc) is 2.76. The van der Waals surface area contributed by atoms with Crippen molar-refractivity contribution in [2.24, 2.45) is 5.10 Å². The standard InChI is InChI=1S/C25H32BrClN2O4Si/c1-25(2,3)34(4,5)33-22-11-8-18(16-19(22)26)31-13-6-14-32-23-10-7-17(15-20(23)27)21-9-12-24(30)29-28-21/h7-8,10-11,15-16H,6,9,12-14H2,1-5H3,(H,29,30). The maximum Gasteiger partial charge on any atom is 0.250 e. The summed E-state index contributed by atoms with van der Waals surface area (Å²) < 4.78 is 19.0. The highest BCUT2D eigenvalue weighted by molar-refractivity contribution is 9.10. The second-order valence-electron chi connectivity index (χ2n) is 9.74. The molecular formula is C25H32BrClN2O4Si. The molecule has 3 rings (SSSR count). The molecule has 1 aliphatic rings. The average molecular weight is 568 g/mol. The van der Waals surface area contributed by atoms with Crippen molar-refractivity contribution in [3.63, 3.8) is 0 Å². The third kappa shape index (κ3) is 6.99. The van der Waals surface area contributed by atoms with Gasteiger partial charge in [-0.05, 0) is 76.0 Å². The lowest BCUT2D eigenvalue weighted by atomic mass is 10.0. The Morgan fingerprint density at radius 2 is 1.76 bits per heavy atom. The van der Waals surface area contributed by atoms with Gasteiger partial charge < -0.3 is 13.9 Å². The number of hydrazone groups is 1. The maximum atomic E-state index is 11.3. The number of nitrogens with zero attached hydrogens (tertiary/aromatic N) is 1. The Labute approximate surface area is 216 Å². The Hall–Kier alpha value is -2.03. The van der Waals surface area contributed by atoms with E-state index in [9.17, 15) is 4.79 Å². The molecule has 0 bridgehead atoms. The fourth-order valence-corrected chi connectivity index (χ4v) is 4.85. The predicted molar refractivity (Wildman–Crippen MR) is 143 cm³/mol. The van der Waals surface area contributed by atoms with Crippen molar-refractivity contribution < 1.29 is 18.7 Å². The Kier molecular flexibility index (Phi) is 8.70. The molecule has 0 saturated carbocycles. The van der Waals surface area contributed by atoms with Crippen molar-refractivity contribution in [1.82, 2.24) is 5.43 Å². The van der Waals surface area contributed by atoms with E-state index < -0.39 is 8.32 Å². The third-order valence-electron chi connectivity index (χ3n) is 6.06. The molecule has 2 aromatic rings. The number of amides is 1. The van der Waals surface area contributed by atoms with E-state index >= 15 is 0 Å². The fraction of sp³-hybridized carbons (Fsp3) is 0.440. The number of hydrogen-bond donors (Lipinski definition) is 1. The van der Waals surface area contributed by atoms with E-state index in [1.54, 1.807) is 0 Å². The SMILES string of the molecule is CC(C)(C)[Si](C)(C)Oc1ccc(OCCCOc2ccc(C3=NNC(=O)CC3)cc2Cl)cc1Br. The van der Waals surface area contributed by atoms with Crippen molar-refractivity contribution >= 4 is 47.5 Å². The summed E-state index contributed by atoms with van der Waals surface area (Å²) in [6.07, 6.45) is 1.73. The lowest BCUT2D eigenvalue weighted by Gasteiger charge is -2.36. The second kappa shape index (κ2) is 11.1. The Balaban J connectivity index is 1.46. The number of carbonyl (C=O) groups is 1. The highest BCUT2D eigenvalue weighted by Gasteiger charge is 2.39. The number of ether oxygens (including phenoxy) is 2. The zero-order valence-electron chi connectivity index (χ0n) is 20.3. The van der Waals surface area contributed by atoms with Gasteiger partial charge in [-0.25, -0.2) is 5.43 Å². The minimum atomic E-state index is -1.91. The highest BCUT2D eigenvalue weighted by Crippen LogP contribution is 2.40. The predicted octanol–water partition coefficient (Wildman–Crippen LogP) is 6.95. The quantitative estimate of drug-likeness (QED) is 0.263. The van der Waals surface area contributed by atoms with Crippen LogP contribution in [0.25, 0.3) is 0 Å². The molecule has 0 atom stereocenters. The molecule has 0 saturated heterocycles. The Bertz CT molecular complexity index is 1070. The molecule has 184 valence electrons. The Morgan fingerprint density at radius 1 is 1.06 bits per heavy atom. The Morgan fingerprint density at radius 3 is 2.38 bits per heavy atom. The highest BCUT2D eigenvalue weighted by atomic mass is 79.9. The first-order chi connectivity index (χ1) is 16.0. The van der Waals surface area contributed by atoms with Gasteiger partial charge in [0.25, 0.3) is 8.32 Å². The molecule has 0 fully saturated rings. The van der Waals surface area contributed by atoms with Gasteiger partial charge in [-0.3, -0.25) is 4.79 Å². The topological polar surface area (TPSA) is 69.2 Å². The van der Waals surface area contributed by atoms with E-state index in [-0.39, 0.29) is 10.9 Å². The zero-order valence-corrected chi connectivity index (χ0v) is 23.7. The van der Waals surface area contributed by atoms with Gasteiger partial charge in [0.2, 0.25) is 5.91 Å². The normalized spacial score (nSPS) is 14.3. The summed E-state index contributed by atoms with van der Waals surface area (Å²) in [4.78, 5) is 11.3. The zero-order chi connectivity index (χ0) is 24.9. The van der Waals surface area contributed by atoms with Crippen LogP contribution in [-0.2, 0) is 4.79 Å². The molecule has 0 aromatic heterocycles. The van der Waals surface area contributed by atoms with Gasteiger partial charge in [-0.15, -0.1) is 0 Å². The summed E-state index contributed by atoms with van der Waals surface area (Å²) in [5.41, 5.74) is 4.20. The van der Waals surface area contributed by atoms with Crippen LogP contribution in [0.4, 0.5) is 0 Å². The molecule has 6 nitrogen and oxygen atoms in total. The van der Waals surface area contributed by atoms with E-state index in [2.05, 4.69) is 60.3 Å². The number of nitrogens with one attached hydrogen (secondary N) is 1. The van der Waals surface area contributed by atoms with Gasteiger partial charge in [-0.1, -0.05) is 32.4 Å². The number of benzene rings is 2. The first kappa shape index (κ1) is 26.6. The molecule has 34 heavy (non-hydrogen) atoms. The lowest BCUT2D eigenvalue weighted by molar-refractivity contribution is -0.121. The van der Waals surface area contributed by atoms with E-state index in [0.717, 1.165) is 27.2 Å². The van der Waals surface area contributed by atoms with Crippen LogP contribution in [0.15, 0.2) is 46.0 Å². The van der Waals surface area contributed by atoms with Crippen molar-refractivity contribution in [3.8, 4) is 17.2 Å².